The number of piperidine rings is 1. The molecule has 2 aliphatic rings. The molecule has 0 bridgehead atoms. The van der Waals surface area contributed by atoms with Gasteiger partial charge in [-0.1, -0.05) is 13.3 Å². The minimum atomic E-state index is -0.672. The monoisotopic (exact) mass is 240 g/mol. The number of rotatable bonds is 4. The summed E-state index contributed by atoms with van der Waals surface area (Å²) in [6.45, 7) is 7.68. The van der Waals surface area contributed by atoms with Gasteiger partial charge in [-0.2, -0.15) is 0 Å². The third-order valence-corrected chi connectivity index (χ3v) is 4.01. The summed E-state index contributed by atoms with van der Waals surface area (Å²) in [4.78, 5) is 15.7. The predicted octanol–water partition coefficient (Wildman–Crippen LogP) is 1.27. The minimum absolute atomic E-state index is 0.266. The van der Waals surface area contributed by atoms with Gasteiger partial charge >= 0.3 is 5.97 Å². The molecule has 2 rings (SSSR count). The van der Waals surface area contributed by atoms with E-state index in [1.807, 2.05) is 6.92 Å². The number of nitrogens with zero attached hydrogens (tertiary/aromatic N) is 2. The second kappa shape index (κ2) is 5.83. The number of hydrogen-bond acceptors (Lipinski definition) is 3. The SMILES string of the molecule is CC(CC(=O)O)CN1CCN2CCCCC2C1. The molecule has 0 radical (unpaired) electrons. The van der Waals surface area contributed by atoms with E-state index >= 15 is 0 Å². The summed E-state index contributed by atoms with van der Waals surface area (Å²) in [5.41, 5.74) is 0. The first-order valence-corrected chi connectivity index (χ1v) is 6.83. The molecule has 0 spiro atoms. The van der Waals surface area contributed by atoms with E-state index in [9.17, 15) is 4.79 Å². The van der Waals surface area contributed by atoms with Crippen LogP contribution in [0, 0.1) is 5.92 Å². The lowest BCUT2D eigenvalue weighted by Crippen LogP contribution is -2.55. The van der Waals surface area contributed by atoms with Crippen molar-refractivity contribution in [2.45, 2.75) is 38.6 Å². The van der Waals surface area contributed by atoms with Crippen molar-refractivity contribution < 1.29 is 9.90 Å². The zero-order chi connectivity index (χ0) is 12.3. The van der Waals surface area contributed by atoms with Crippen LogP contribution < -0.4 is 0 Å². The van der Waals surface area contributed by atoms with Gasteiger partial charge in [0.2, 0.25) is 0 Å². The zero-order valence-electron chi connectivity index (χ0n) is 10.8. The topological polar surface area (TPSA) is 43.8 Å². The zero-order valence-corrected chi connectivity index (χ0v) is 10.8. The second-order valence-corrected chi connectivity index (χ2v) is 5.65. The summed E-state index contributed by atoms with van der Waals surface area (Å²) in [6.07, 6.45) is 4.33. The van der Waals surface area contributed by atoms with Crippen molar-refractivity contribution in [1.82, 2.24) is 9.80 Å². The van der Waals surface area contributed by atoms with Crippen molar-refractivity contribution in [2.24, 2.45) is 5.92 Å². The van der Waals surface area contributed by atoms with Crippen LogP contribution in [0.25, 0.3) is 0 Å². The lowest BCUT2D eigenvalue weighted by Gasteiger charge is -2.44. The molecule has 2 atom stereocenters. The van der Waals surface area contributed by atoms with E-state index < -0.39 is 5.97 Å². The Labute approximate surface area is 104 Å². The number of carboxylic acids is 1. The highest BCUT2D eigenvalue weighted by Crippen LogP contribution is 2.21. The van der Waals surface area contributed by atoms with Crippen LogP contribution in [0.2, 0.25) is 0 Å². The number of aliphatic carboxylic acids is 1. The van der Waals surface area contributed by atoms with Gasteiger partial charge in [0.1, 0.15) is 0 Å². The van der Waals surface area contributed by atoms with E-state index in [0.29, 0.717) is 6.42 Å². The van der Waals surface area contributed by atoms with Gasteiger partial charge in [-0.3, -0.25) is 9.69 Å². The molecule has 0 aromatic heterocycles. The molecule has 2 saturated heterocycles. The predicted molar refractivity (Wildman–Crippen MR) is 67.1 cm³/mol. The van der Waals surface area contributed by atoms with E-state index in [4.69, 9.17) is 5.11 Å². The van der Waals surface area contributed by atoms with Gasteiger partial charge in [-0.15, -0.1) is 0 Å². The Hall–Kier alpha value is -0.610. The molecule has 2 fully saturated rings. The Morgan fingerprint density at radius 2 is 2.18 bits per heavy atom. The number of piperazine rings is 1. The third kappa shape index (κ3) is 3.68. The fourth-order valence-electron chi connectivity index (χ4n) is 3.19. The average Bonchev–Trinajstić information content (AvgIpc) is 2.27. The highest BCUT2D eigenvalue weighted by atomic mass is 16.4. The van der Waals surface area contributed by atoms with Gasteiger partial charge in [0, 0.05) is 38.6 Å². The van der Waals surface area contributed by atoms with Crippen molar-refractivity contribution >= 4 is 5.97 Å². The maximum Gasteiger partial charge on any atom is 0.303 e. The van der Waals surface area contributed by atoms with Crippen LogP contribution in [0.1, 0.15) is 32.6 Å². The molecule has 0 amide bonds. The maximum atomic E-state index is 10.7. The van der Waals surface area contributed by atoms with Crippen LogP contribution in [0.3, 0.4) is 0 Å². The standard InChI is InChI=1S/C13H24N2O2/c1-11(8-13(16)17)9-14-6-7-15-5-3-2-4-12(15)10-14/h11-12H,2-10H2,1H3,(H,16,17). The third-order valence-electron chi connectivity index (χ3n) is 4.01. The molecule has 0 saturated carbocycles. The Morgan fingerprint density at radius 1 is 1.35 bits per heavy atom. The molecule has 2 heterocycles. The quantitative estimate of drug-likeness (QED) is 0.803. The van der Waals surface area contributed by atoms with Gasteiger partial charge in [-0.25, -0.2) is 0 Å². The smallest absolute Gasteiger partial charge is 0.303 e. The molecule has 1 N–H and O–H groups in total. The lowest BCUT2D eigenvalue weighted by atomic mass is 9.98. The molecular formula is C13H24N2O2. The number of carbonyl (C=O) groups is 1. The Kier molecular flexibility index (Phi) is 4.40. The van der Waals surface area contributed by atoms with Crippen LogP contribution >= 0.6 is 0 Å². The minimum Gasteiger partial charge on any atom is -0.481 e. The number of hydrogen-bond donors (Lipinski definition) is 1. The molecule has 2 aliphatic heterocycles. The molecular weight excluding hydrogens is 216 g/mol. The van der Waals surface area contributed by atoms with Gasteiger partial charge in [-0.05, 0) is 25.3 Å². The fourth-order valence-corrected chi connectivity index (χ4v) is 3.19. The Bertz CT molecular complexity index is 270. The summed E-state index contributed by atoms with van der Waals surface area (Å²) in [5.74, 6) is -0.406. The van der Waals surface area contributed by atoms with E-state index in [1.54, 1.807) is 0 Å². The molecule has 98 valence electrons. The van der Waals surface area contributed by atoms with Crippen LogP contribution in [-0.4, -0.2) is 59.6 Å². The first kappa shape index (κ1) is 12.8. The largest absolute Gasteiger partial charge is 0.481 e. The Morgan fingerprint density at radius 3 is 2.94 bits per heavy atom. The highest BCUT2D eigenvalue weighted by molar-refractivity contribution is 5.66. The lowest BCUT2D eigenvalue weighted by molar-refractivity contribution is -0.138. The normalized spacial score (nSPS) is 28.6. The molecule has 0 aliphatic carbocycles. The summed E-state index contributed by atoms with van der Waals surface area (Å²) < 4.78 is 0. The number of fused-ring (bicyclic) bond motifs is 1. The number of carboxylic acid groups (broad SMARTS) is 1. The summed E-state index contributed by atoms with van der Waals surface area (Å²) in [6, 6.07) is 0.731. The van der Waals surface area contributed by atoms with E-state index in [-0.39, 0.29) is 5.92 Å². The van der Waals surface area contributed by atoms with Crippen molar-refractivity contribution in [2.75, 3.05) is 32.7 Å². The van der Waals surface area contributed by atoms with Crippen molar-refractivity contribution in [1.29, 1.82) is 0 Å². The van der Waals surface area contributed by atoms with Gasteiger partial charge < -0.3 is 10.0 Å². The van der Waals surface area contributed by atoms with Crippen LogP contribution in [0.4, 0.5) is 0 Å². The average molecular weight is 240 g/mol. The van der Waals surface area contributed by atoms with Crippen molar-refractivity contribution in [3.05, 3.63) is 0 Å². The molecule has 17 heavy (non-hydrogen) atoms. The van der Waals surface area contributed by atoms with E-state index in [0.717, 1.165) is 25.7 Å². The summed E-state index contributed by atoms with van der Waals surface area (Å²) in [5, 5.41) is 8.77. The van der Waals surface area contributed by atoms with Gasteiger partial charge in [0.25, 0.3) is 0 Å². The van der Waals surface area contributed by atoms with E-state index in [1.165, 1.54) is 32.4 Å². The first-order chi connectivity index (χ1) is 8.15. The summed E-state index contributed by atoms with van der Waals surface area (Å²) in [7, 11) is 0. The van der Waals surface area contributed by atoms with Crippen LogP contribution in [0.5, 0.6) is 0 Å². The summed E-state index contributed by atoms with van der Waals surface area (Å²) >= 11 is 0. The first-order valence-electron chi connectivity index (χ1n) is 6.83. The van der Waals surface area contributed by atoms with Gasteiger partial charge in [0.05, 0.1) is 0 Å². The van der Waals surface area contributed by atoms with Crippen LogP contribution in [-0.2, 0) is 4.79 Å². The molecule has 4 nitrogen and oxygen atoms in total. The maximum absolute atomic E-state index is 10.7. The molecule has 0 aromatic rings. The van der Waals surface area contributed by atoms with Gasteiger partial charge in [0.15, 0.2) is 0 Å². The van der Waals surface area contributed by atoms with Crippen molar-refractivity contribution in [3.8, 4) is 0 Å². The molecule has 4 heteroatoms. The molecule has 0 aromatic carbocycles. The Balaban J connectivity index is 1.77. The fraction of sp³-hybridized carbons (Fsp3) is 0.923. The van der Waals surface area contributed by atoms with Crippen LogP contribution in [0.15, 0.2) is 0 Å². The highest BCUT2D eigenvalue weighted by Gasteiger charge is 2.29. The van der Waals surface area contributed by atoms with Crippen molar-refractivity contribution in [3.63, 3.8) is 0 Å². The second-order valence-electron chi connectivity index (χ2n) is 5.65. The molecule has 2 unspecified atom stereocenters. The van der Waals surface area contributed by atoms with E-state index in [2.05, 4.69) is 9.80 Å².